The van der Waals surface area contributed by atoms with Crippen molar-refractivity contribution in [2.45, 2.75) is 77.6 Å². The summed E-state index contributed by atoms with van der Waals surface area (Å²) in [5.74, 6) is 0. The smallest absolute Gasteiger partial charge is 0.252 e. The fourth-order valence-corrected chi connectivity index (χ4v) is 3.98. The molecule has 1 N–H and O–H groups in total. The van der Waals surface area contributed by atoms with Crippen LogP contribution >= 0.6 is 0 Å². The molecule has 0 saturated carbocycles. The number of ether oxygens (including phenoxy) is 1. The van der Waals surface area contributed by atoms with Crippen molar-refractivity contribution < 1.29 is 22.0 Å². The van der Waals surface area contributed by atoms with Crippen molar-refractivity contribution in [2.24, 2.45) is 0 Å². The first-order valence-electron chi connectivity index (χ1n) is 11.0. The number of aryl methyl sites for hydroxylation is 1. The van der Waals surface area contributed by atoms with Crippen LogP contribution in [-0.4, -0.2) is 39.3 Å². The van der Waals surface area contributed by atoms with E-state index in [0.717, 1.165) is 0 Å². The largest absolute Gasteiger partial charge is 0.702 e. The van der Waals surface area contributed by atoms with Crippen LogP contribution in [-0.2, 0) is 21.5 Å². The van der Waals surface area contributed by atoms with Crippen LogP contribution in [0.15, 0.2) is 30.3 Å². The molecule has 0 radical (unpaired) electrons. The summed E-state index contributed by atoms with van der Waals surface area (Å²) in [5, 5.41) is 0. The Balaban J connectivity index is 0.000000330. The number of unbranched alkanes of at least 4 members (excludes halogenated alkanes) is 9. The van der Waals surface area contributed by atoms with Gasteiger partial charge in [0.15, 0.2) is 0 Å². The number of hydrogen-bond donors (Lipinski definition) is 1. The van der Waals surface area contributed by atoms with Crippen LogP contribution in [0.5, 0.6) is 0 Å². The highest BCUT2D eigenvalue weighted by molar-refractivity contribution is 7.79. The number of rotatable bonds is 12. The lowest BCUT2D eigenvalue weighted by atomic mass is 10.0. The van der Waals surface area contributed by atoms with E-state index >= 15 is 0 Å². The van der Waals surface area contributed by atoms with Crippen molar-refractivity contribution in [3.05, 3.63) is 35.9 Å². The van der Waals surface area contributed by atoms with Gasteiger partial charge in [-0.05, 0) is 18.4 Å². The van der Waals surface area contributed by atoms with Gasteiger partial charge in [0.25, 0.3) is 10.3 Å². The molecule has 28 heavy (non-hydrogen) atoms. The fourth-order valence-electron chi connectivity index (χ4n) is 3.31. The van der Waals surface area contributed by atoms with E-state index in [-0.39, 0.29) is 17.4 Å². The summed E-state index contributed by atoms with van der Waals surface area (Å²) in [5.41, 5.74) is 1.50. The normalized spacial score (nSPS) is 15.1. The van der Waals surface area contributed by atoms with Gasteiger partial charge in [0.2, 0.25) is 0 Å². The number of quaternary nitrogens is 1. The fraction of sp³-hybridized carbons (Fsp3) is 0.727. The number of morpholine rings is 1. The molecule has 5 nitrogen and oxygen atoms in total. The SMILES string of the molecule is CCCCCCCCCCCCc1ccccc1.O=S(=O)([O-])[NH+]1CCOCC1. The topological polar surface area (TPSA) is 70.9 Å². The van der Waals surface area contributed by atoms with Crippen molar-refractivity contribution in [2.75, 3.05) is 26.3 Å². The second-order valence-electron chi connectivity index (χ2n) is 7.52. The Labute approximate surface area is 172 Å². The zero-order chi connectivity index (χ0) is 20.5. The molecule has 0 amide bonds. The molecule has 2 rings (SSSR count). The van der Waals surface area contributed by atoms with Gasteiger partial charge in [-0.25, -0.2) is 4.31 Å². The second-order valence-corrected chi connectivity index (χ2v) is 9.01. The highest BCUT2D eigenvalue weighted by Gasteiger charge is 2.18. The number of hydrogen-bond acceptors (Lipinski definition) is 4. The van der Waals surface area contributed by atoms with Gasteiger partial charge in [-0.2, -0.15) is 8.42 Å². The van der Waals surface area contributed by atoms with Crippen LogP contribution in [0.25, 0.3) is 0 Å². The summed E-state index contributed by atoms with van der Waals surface area (Å²) in [4.78, 5) is 0. The van der Waals surface area contributed by atoms with Gasteiger partial charge >= 0.3 is 0 Å². The van der Waals surface area contributed by atoms with Gasteiger partial charge in [0.05, 0.1) is 13.2 Å². The molecule has 1 aromatic carbocycles. The first-order chi connectivity index (χ1) is 13.5. The summed E-state index contributed by atoms with van der Waals surface area (Å²) >= 11 is 0. The zero-order valence-corrected chi connectivity index (χ0v) is 18.4. The molecule has 1 heterocycles. The van der Waals surface area contributed by atoms with Gasteiger partial charge < -0.3 is 9.29 Å². The van der Waals surface area contributed by atoms with Crippen molar-refractivity contribution in [3.63, 3.8) is 0 Å². The van der Waals surface area contributed by atoms with Gasteiger partial charge in [0.1, 0.15) is 13.1 Å². The van der Waals surface area contributed by atoms with Gasteiger partial charge in [-0.1, -0.05) is 95.0 Å². The predicted octanol–water partition coefficient (Wildman–Crippen LogP) is 3.51. The van der Waals surface area contributed by atoms with E-state index in [1.165, 1.54) is 76.2 Å². The molecule has 6 heteroatoms. The monoisotopic (exact) mass is 413 g/mol. The van der Waals surface area contributed by atoms with Crippen molar-refractivity contribution in [3.8, 4) is 0 Å². The highest BCUT2D eigenvalue weighted by atomic mass is 32.2. The maximum Gasteiger partial charge on any atom is 0.252 e. The Morgan fingerprint density at radius 1 is 0.857 bits per heavy atom. The van der Waals surface area contributed by atoms with E-state index in [4.69, 9.17) is 4.74 Å². The van der Waals surface area contributed by atoms with Gasteiger partial charge in [0, 0.05) is 0 Å². The number of nitrogens with one attached hydrogen (secondary N) is 1. The molecule has 0 unspecified atom stereocenters. The molecular formula is C22H39NO4S. The standard InChI is InChI=1S/C18H30.C4H9NO4S/c1-2-3-4-5-6-7-8-9-10-12-15-18-16-13-11-14-17-18;6-10(7,8)5-1-3-9-4-2-5/h11,13-14,16-17H,2-10,12,15H2,1H3;1-4H2,(H,6,7,8). The summed E-state index contributed by atoms with van der Waals surface area (Å²) in [6, 6.07) is 10.9. The summed E-state index contributed by atoms with van der Waals surface area (Å²) in [6.07, 6.45) is 15.5. The minimum Gasteiger partial charge on any atom is -0.702 e. The maximum absolute atomic E-state index is 10.3. The van der Waals surface area contributed by atoms with Gasteiger partial charge in [-0.15, -0.1) is 0 Å². The lowest BCUT2D eigenvalue weighted by Crippen LogP contribution is -3.15. The third-order valence-corrected chi connectivity index (χ3v) is 6.18. The number of benzene rings is 1. The minimum absolute atomic E-state index is 0.0822. The van der Waals surface area contributed by atoms with E-state index < -0.39 is 10.3 Å². The van der Waals surface area contributed by atoms with Crippen LogP contribution in [0, 0.1) is 0 Å². The van der Waals surface area contributed by atoms with E-state index in [1.54, 1.807) is 0 Å². The lowest BCUT2D eigenvalue weighted by Gasteiger charge is -2.24. The molecule has 1 aliphatic heterocycles. The van der Waals surface area contributed by atoms with Crippen LogP contribution in [0.1, 0.15) is 76.7 Å². The van der Waals surface area contributed by atoms with E-state index in [1.807, 2.05) is 0 Å². The average Bonchev–Trinajstić information content (AvgIpc) is 2.71. The molecule has 1 aromatic rings. The minimum atomic E-state index is -4.14. The van der Waals surface area contributed by atoms with E-state index in [2.05, 4.69) is 37.3 Å². The van der Waals surface area contributed by atoms with Crippen LogP contribution in [0.2, 0.25) is 0 Å². The molecular weight excluding hydrogens is 374 g/mol. The van der Waals surface area contributed by atoms with E-state index in [0.29, 0.717) is 13.2 Å². The van der Waals surface area contributed by atoms with Crippen LogP contribution in [0.3, 0.4) is 0 Å². The summed E-state index contributed by atoms with van der Waals surface area (Å²) in [6.45, 7) is 3.54. The molecule has 0 aromatic heterocycles. The Morgan fingerprint density at radius 2 is 1.36 bits per heavy atom. The Hall–Kier alpha value is -0.950. The quantitative estimate of drug-likeness (QED) is 0.420. The predicted molar refractivity (Wildman–Crippen MR) is 113 cm³/mol. The Morgan fingerprint density at radius 3 is 1.82 bits per heavy atom. The molecule has 0 aliphatic carbocycles. The first-order valence-corrected chi connectivity index (χ1v) is 12.4. The molecule has 0 bridgehead atoms. The molecule has 1 aliphatic rings. The summed E-state index contributed by atoms with van der Waals surface area (Å²) in [7, 11) is -4.14. The molecule has 162 valence electrons. The Kier molecular flexibility index (Phi) is 14.3. The van der Waals surface area contributed by atoms with Crippen molar-refractivity contribution in [1.82, 2.24) is 0 Å². The van der Waals surface area contributed by atoms with Crippen molar-refractivity contribution >= 4 is 10.3 Å². The third-order valence-electron chi connectivity index (χ3n) is 5.07. The zero-order valence-electron chi connectivity index (χ0n) is 17.5. The Bertz CT molecular complexity index is 571. The van der Waals surface area contributed by atoms with Crippen molar-refractivity contribution in [1.29, 1.82) is 0 Å². The average molecular weight is 414 g/mol. The highest BCUT2D eigenvalue weighted by Crippen LogP contribution is 2.12. The lowest BCUT2D eigenvalue weighted by molar-refractivity contribution is -0.784. The third kappa shape index (κ3) is 13.3. The molecule has 1 saturated heterocycles. The summed E-state index contributed by atoms with van der Waals surface area (Å²) < 4.78 is 36.0. The van der Waals surface area contributed by atoms with E-state index in [9.17, 15) is 13.0 Å². The van der Waals surface area contributed by atoms with Crippen LogP contribution in [0.4, 0.5) is 0 Å². The second kappa shape index (κ2) is 15.9. The molecule has 0 spiro atoms. The molecule has 0 atom stereocenters. The van der Waals surface area contributed by atoms with Gasteiger partial charge in [-0.3, -0.25) is 0 Å². The first kappa shape index (κ1) is 25.1. The van der Waals surface area contributed by atoms with Crippen LogP contribution < -0.4 is 4.31 Å². The maximum atomic E-state index is 10.3. The molecule has 1 fully saturated rings.